The van der Waals surface area contributed by atoms with Crippen LogP contribution in [-0.2, 0) is 0 Å². The molecule has 1 spiro atoms. The van der Waals surface area contributed by atoms with Gasteiger partial charge in [-0.1, -0.05) is 0 Å². The zero-order valence-electron chi connectivity index (χ0n) is 17.2. The van der Waals surface area contributed by atoms with E-state index in [1.807, 2.05) is 55.1 Å². The monoisotopic (exact) mass is 400 g/mol. The molecule has 0 amide bonds. The molecule has 152 valence electrons. The van der Waals surface area contributed by atoms with E-state index in [2.05, 4.69) is 15.4 Å². The molecule has 30 heavy (non-hydrogen) atoms. The van der Waals surface area contributed by atoms with Crippen molar-refractivity contribution in [2.24, 2.45) is 0 Å². The molecule has 7 nitrogen and oxygen atoms in total. The van der Waals surface area contributed by atoms with Crippen LogP contribution in [0.25, 0.3) is 27.9 Å². The third-order valence-corrected chi connectivity index (χ3v) is 6.63. The minimum Gasteiger partial charge on any atom is -0.312 e. The summed E-state index contributed by atoms with van der Waals surface area (Å²) in [5, 5.41) is 8.97. The van der Waals surface area contributed by atoms with Crippen LogP contribution in [0.15, 0.2) is 41.5 Å². The van der Waals surface area contributed by atoms with Crippen molar-refractivity contribution < 1.29 is 0 Å². The first-order valence-corrected chi connectivity index (χ1v) is 10.6. The smallest absolute Gasteiger partial charge is 0.260 e. The van der Waals surface area contributed by atoms with Gasteiger partial charge < -0.3 is 9.88 Å². The van der Waals surface area contributed by atoms with Crippen molar-refractivity contribution in [1.82, 2.24) is 29.5 Å². The van der Waals surface area contributed by atoms with Gasteiger partial charge in [-0.3, -0.25) is 4.79 Å². The first-order chi connectivity index (χ1) is 14.5. The molecule has 4 aromatic rings. The predicted octanol–water partition coefficient (Wildman–Crippen LogP) is 3.18. The van der Waals surface area contributed by atoms with Crippen LogP contribution in [0.2, 0.25) is 0 Å². The quantitative estimate of drug-likeness (QED) is 0.559. The minimum absolute atomic E-state index is 0.0547. The summed E-state index contributed by atoms with van der Waals surface area (Å²) in [5.41, 5.74) is 5.42. The number of nitrogens with one attached hydrogen (secondary N) is 1. The number of pyridine rings is 2. The second-order valence-electron chi connectivity index (χ2n) is 8.87. The Morgan fingerprint density at radius 1 is 1.13 bits per heavy atom. The first-order valence-electron chi connectivity index (χ1n) is 10.6. The number of aryl methyl sites for hydroxylation is 2. The molecule has 0 bridgehead atoms. The molecular formula is C23H24N6O. The topological polar surface area (TPSA) is 77.1 Å². The van der Waals surface area contributed by atoms with Gasteiger partial charge in [0.2, 0.25) is 0 Å². The standard InChI is InChI=1S/C23H24N6O/c1-14-11-20(27-29-13-15(2)25-21(14)29)19-4-3-17-18(26-19)6-10-28(22(17)30)16-5-9-24-23(12-16)7-8-23/h3-4,6,10-11,13,16,24H,5,7-9,12H2,1-2H3. The second kappa shape index (κ2) is 6.22. The van der Waals surface area contributed by atoms with Crippen molar-refractivity contribution in [3.63, 3.8) is 0 Å². The molecular weight excluding hydrogens is 376 g/mol. The summed E-state index contributed by atoms with van der Waals surface area (Å²) >= 11 is 0. The van der Waals surface area contributed by atoms with Crippen molar-refractivity contribution in [2.75, 3.05) is 6.54 Å². The van der Waals surface area contributed by atoms with Gasteiger partial charge in [0.05, 0.1) is 28.5 Å². The summed E-state index contributed by atoms with van der Waals surface area (Å²) in [4.78, 5) is 22.5. The normalized spacial score (nSPS) is 20.3. The Kier molecular flexibility index (Phi) is 3.68. The number of imidazole rings is 1. The van der Waals surface area contributed by atoms with Crippen molar-refractivity contribution in [3.8, 4) is 11.4 Å². The van der Waals surface area contributed by atoms with Crippen molar-refractivity contribution in [2.45, 2.75) is 51.1 Å². The van der Waals surface area contributed by atoms with Crippen LogP contribution in [0, 0.1) is 13.8 Å². The van der Waals surface area contributed by atoms with Crippen molar-refractivity contribution in [1.29, 1.82) is 0 Å². The van der Waals surface area contributed by atoms with Gasteiger partial charge in [-0.15, -0.1) is 0 Å². The summed E-state index contributed by atoms with van der Waals surface area (Å²) in [6, 6.07) is 8.03. The van der Waals surface area contributed by atoms with Gasteiger partial charge in [0.25, 0.3) is 5.56 Å². The van der Waals surface area contributed by atoms with Crippen LogP contribution in [-0.4, -0.2) is 36.2 Å². The molecule has 2 fully saturated rings. The summed E-state index contributed by atoms with van der Waals surface area (Å²) in [5.74, 6) is 0. The Balaban J connectivity index is 1.41. The molecule has 4 aromatic heterocycles. The molecule has 0 aromatic carbocycles. The molecule has 1 unspecified atom stereocenters. The Morgan fingerprint density at radius 3 is 2.83 bits per heavy atom. The van der Waals surface area contributed by atoms with Gasteiger partial charge in [0.15, 0.2) is 5.65 Å². The lowest BCUT2D eigenvalue weighted by atomic mass is 9.97. The van der Waals surface area contributed by atoms with E-state index in [0.29, 0.717) is 10.9 Å². The number of rotatable bonds is 2. The second-order valence-corrected chi connectivity index (χ2v) is 8.87. The fraction of sp³-hybridized carbons (Fsp3) is 0.391. The van der Waals surface area contributed by atoms with Crippen LogP contribution in [0.5, 0.6) is 0 Å². The van der Waals surface area contributed by atoms with Gasteiger partial charge in [0, 0.05) is 17.8 Å². The van der Waals surface area contributed by atoms with E-state index in [9.17, 15) is 4.79 Å². The van der Waals surface area contributed by atoms with Crippen LogP contribution < -0.4 is 10.9 Å². The zero-order valence-corrected chi connectivity index (χ0v) is 17.2. The number of nitrogens with zero attached hydrogens (tertiary/aromatic N) is 5. The molecule has 1 N–H and O–H groups in total. The van der Waals surface area contributed by atoms with Gasteiger partial charge >= 0.3 is 0 Å². The van der Waals surface area contributed by atoms with Gasteiger partial charge in [-0.25, -0.2) is 14.5 Å². The Bertz CT molecular complexity index is 1360. The highest BCUT2D eigenvalue weighted by Crippen LogP contribution is 2.45. The van der Waals surface area contributed by atoms with E-state index in [1.54, 1.807) is 4.52 Å². The lowest BCUT2D eigenvalue weighted by molar-refractivity contribution is 0.282. The summed E-state index contributed by atoms with van der Waals surface area (Å²) in [6.07, 6.45) is 8.32. The van der Waals surface area contributed by atoms with E-state index >= 15 is 0 Å². The third kappa shape index (κ3) is 2.76. The Hall–Kier alpha value is -3.06. The highest BCUT2D eigenvalue weighted by atomic mass is 16.1. The Labute approximate surface area is 173 Å². The molecule has 1 aliphatic heterocycles. The minimum atomic E-state index is 0.0547. The predicted molar refractivity (Wildman–Crippen MR) is 116 cm³/mol. The van der Waals surface area contributed by atoms with Crippen LogP contribution in [0.3, 0.4) is 0 Å². The molecule has 5 heterocycles. The maximum Gasteiger partial charge on any atom is 0.260 e. The van der Waals surface area contributed by atoms with Gasteiger partial charge in [-0.2, -0.15) is 5.10 Å². The van der Waals surface area contributed by atoms with Crippen LogP contribution >= 0.6 is 0 Å². The number of piperidine rings is 1. The highest BCUT2D eigenvalue weighted by Gasteiger charge is 2.46. The van der Waals surface area contributed by atoms with E-state index in [4.69, 9.17) is 4.98 Å². The van der Waals surface area contributed by atoms with Crippen molar-refractivity contribution in [3.05, 3.63) is 58.3 Å². The van der Waals surface area contributed by atoms with E-state index in [-0.39, 0.29) is 17.1 Å². The van der Waals surface area contributed by atoms with Crippen molar-refractivity contribution >= 4 is 16.6 Å². The molecule has 7 heteroatoms. The maximum atomic E-state index is 13.2. The average Bonchev–Trinajstić information content (AvgIpc) is 3.35. The summed E-state index contributed by atoms with van der Waals surface area (Å²) in [7, 11) is 0. The van der Waals surface area contributed by atoms with E-state index in [1.165, 1.54) is 12.8 Å². The fourth-order valence-electron chi connectivity index (χ4n) is 4.84. The lowest BCUT2D eigenvalue weighted by Gasteiger charge is -2.31. The molecule has 2 aliphatic rings. The lowest BCUT2D eigenvalue weighted by Crippen LogP contribution is -2.42. The van der Waals surface area contributed by atoms with Gasteiger partial charge in [0.1, 0.15) is 5.69 Å². The SMILES string of the molecule is Cc1cn2nc(-c3ccc4c(=O)n(C5CCNC6(CC6)C5)ccc4n3)cc(C)c2n1. The number of hydrogen-bond acceptors (Lipinski definition) is 5. The molecule has 1 atom stereocenters. The average molecular weight is 400 g/mol. The largest absolute Gasteiger partial charge is 0.312 e. The molecule has 1 aliphatic carbocycles. The third-order valence-electron chi connectivity index (χ3n) is 6.63. The van der Waals surface area contributed by atoms with Crippen LogP contribution in [0.4, 0.5) is 0 Å². The summed E-state index contributed by atoms with van der Waals surface area (Å²) < 4.78 is 3.72. The first kappa shape index (κ1) is 17.8. The maximum absolute atomic E-state index is 13.2. The number of fused-ring (bicyclic) bond motifs is 2. The molecule has 1 saturated heterocycles. The van der Waals surface area contributed by atoms with E-state index in [0.717, 1.165) is 47.7 Å². The highest BCUT2D eigenvalue weighted by molar-refractivity contribution is 5.80. The molecule has 0 radical (unpaired) electrons. The van der Waals surface area contributed by atoms with Crippen LogP contribution in [0.1, 0.15) is 43.0 Å². The number of aromatic nitrogens is 5. The summed E-state index contributed by atoms with van der Waals surface area (Å²) in [6.45, 7) is 4.96. The fourth-order valence-corrected chi connectivity index (χ4v) is 4.84. The molecule has 6 rings (SSSR count). The number of hydrogen-bond donors (Lipinski definition) is 1. The molecule has 1 saturated carbocycles. The Morgan fingerprint density at radius 2 is 2.00 bits per heavy atom. The zero-order chi connectivity index (χ0) is 20.5. The van der Waals surface area contributed by atoms with Gasteiger partial charge in [-0.05, 0) is 75.9 Å². The van der Waals surface area contributed by atoms with E-state index < -0.39 is 0 Å².